The van der Waals surface area contributed by atoms with Gasteiger partial charge in [-0.2, -0.15) is 0 Å². The predicted molar refractivity (Wildman–Crippen MR) is 82.7 cm³/mol. The van der Waals surface area contributed by atoms with Crippen molar-refractivity contribution in [1.82, 2.24) is 0 Å². The Kier molecular flexibility index (Phi) is 7.89. The van der Waals surface area contributed by atoms with Crippen molar-refractivity contribution < 1.29 is 20.1 Å². The summed E-state index contributed by atoms with van der Waals surface area (Å²) < 4.78 is 5.96. The Morgan fingerprint density at radius 3 is 2.05 bits per heavy atom. The number of hydrogen-bond donors (Lipinski definition) is 3. The van der Waals surface area contributed by atoms with Gasteiger partial charge in [0.1, 0.15) is 0 Å². The normalized spacial score (nSPS) is 18.8. The SMILES string of the molecule is C[C@@H]([C@H](O)[C@@H](C)CO)[C@H](OCc1ccccc1)[C@H](C)CO. The molecule has 0 saturated carbocycles. The maximum absolute atomic E-state index is 10.3. The molecular weight excluding hydrogens is 268 g/mol. The number of hydrogen-bond acceptors (Lipinski definition) is 4. The second kappa shape index (κ2) is 9.15. The van der Waals surface area contributed by atoms with E-state index in [1.165, 1.54) is 0 Å². The van der Waals surface area contributed by atoms with E-state index in [4.69, 9.17) is 4.74 Å². The highest BCUT2D eigenvalue weighted by Crippen LogP contribution is 2.25. The summed E-state index contributed by atoms with van der Waals surface area (Å²) in [5.74, 6) is -0.462. The van der Waals surface area contributed by atoms with Gasteiger partial charge in [-0.25, -0.2) is 0 Å². The number of benzene rings is 1. The molecular formula is C17H28O4. The molecule has 0 aliphatic rings. The number of rotatable bonds is 9. The quantitative estimate of drug-likeness (QED) is 0.650. The Bertz CT molecular complexity index is 382. The summed E-state index contributed by atoms with van der Waals surface area (Å²) in [6, 6.07) is 9.83. The molecule has 120 valence electrons. The maximum Gasteiger partial charge on any atom is 0.0720 e. The lowest BCUT2D eigenvalue weighted by atomic mass is 9.84. The largest absolute Gasteiger partial charge is 0.396 e. The lowest BCUT2D eigenvalue weighted by molar-refractivity contribution is -0.0891. The molecule has 1 rings (SSSR count). The van der Waals surface area contributed by atoms with Crippen molar-refractivity contribution in [2.24, 2.45) is 17.8 Å². The molecule has 1 aromatic carbocycles. The first-order valence-electron chi connectivity index (χ1n) is 7.56. The van der Waals surface area contributed by atoms with Gasteiger partial charge in [-0.05, 0) is 5.56 Å². The predicted octanol–water partition coefficient (Wildman–Crippen LogP) is 1.83. The van der Waals surface area contributed by atoms with E-state index in [-0.39, 0.29) is 37.1 Å². The maximum atomic E-state index is 10.3. The van der Waals surface area contributed by atoms with Gasteiger partial charge in [0.25, 0.3) is 0 Å². The molecule has 0 aliphatic heterocycles. The van der Waals surface area contributed by atoms with E-state index in [9.17, 15) is 15.3 Å². The summed E-state index contributed by atoms with van der Waals surface area (Å²) in [4.78, 5) is 0. The van der Waals surface area contributed by atoms with E-state index in [1.807, 2.05) is 44.2 Å². The van der Waals surface area contributed by atoms with Crippen LogP contribution in [0.1, 0.15) is 26.3 Å². The molecule has 0 radical (unpaired) electrons. The van der Waals surface area contributed by atoms with E-state index in [0.717, 1.165) is 5.56 Å². The van der Waals surface area contributed by atoms with Gasteiger partial charge >= 0.3 is 0 Å². The minimum absolute atomic E-state index is 0.00399. The zero-order valence-corrected chi connectivity index (χ0v) is 13.1. The van der Waals surface area contributed by atoms with Gasteiger partial charge in [0.2, 0.25) is 0 Å². The Balaban J connectivity index is 2.71. The minimum Gasteiger partial charge on any atom is -0.396 e. The first-order chi connectivity index (χ1) is 10.0. The van der Waals surface area contributed by atoms with Gasteiger partial charge in [-0.1, -0.05) is 51.1 Å². The van der Waals surface area contributed by atoms with Crippen LogP contribution in [0.2, 0.25) is 0 Å². The van der Waals surface area contributed by atoms with E-state index in [2.05, 4.69) is 0 Å². The fraction of sp³-hybridized carbons (Fsp3) is 0.647. The standard InChI is InChI=1S/C17H28O4/c1-12(9-18)16(20)14(3)17(13(2)10-19)21-11-15-7-5-4-6-8-15/h4-8,12-14,16-20H,9-11H2,1-3H3/t12-,13+,14-,16+,17+/m0/s1. The van der Waals surface area contributed by atoms with Crippen molar-refractivity contribution in [3.63, 3.8) is 0 Å². The van der Waals surface area contributed by atoms with Crippen molar-refractivity contribution in [1.29, 1.82) is 0 Å². The van der Waals surface area contributed by atoms with Crippen molar-refractivity contribution in [2.75, 3.05) is 13.2 Å². The number of aliphatic hydroxyl groups is 3. The Morgan fingerprint density at radius 2 is 1.52 bits per heavy atom. The first-order valence-corrected chi connectivity index (χ1v) is 7.56. The van der Waals surface area contributed by atoms with Crippen LogP contribution in [0.4, 0.5) is 0 Å². The lowest BCUT2D eigenvalue weighted by Gasteiger charge is -2.34. The van der Waals surface area contributed by atoms with Crippen molar-refractivity contribution >= 4 is 0 Å². The molecule has 0 unspecified atom stereocenters. The highest BCUT2D eigenvalue weighted by atomic mass is 16.5. The first kappa shape index (κ1) is 18.1. The molecule has 0 amide bonds. The van der Waals surface area contributed by atoms with E-state index < -0.39 is 6.10 Å². The molecule has 0 bridgehead atoms. The number of aliphatic hydroxyl groups excluding tert-OH is 3. The third kappa shape index (κ3) is 5.40. The second-order valence-corrected chi connectivity index (χ2v) is 5.93. The monoisotopic (exact) mass is 296 g/mol. The molecule has 4 nitrogen and oxygen atoms in total. The third-order valence-electron chi connectivity index (χ3n) is 4.06. The van der Waals surface area contributed by atoms with Crippen LogP contribution in [0.3, 0.4) is 0 Å². The summed E-state index contributed by atoms with van der Waals surface area (Å²) in [6.07, 6.45) is -0.927. The average molecular weight is 296 g/mol. The van der Waals surface area contributed by atoms with Gasteiger partial charge in [0, 0.05) is 31.0 Å². The zero-order valence-electron chi connectivity index (χ0n) is 13.1. The van der Waals surface area contributed by atoms with Gasteiger partial charge < -0.3 is 20.1 Å². The van der Waals surface area contributed by atoms with Crippen LogP contribution >= 0.6 is 0 Å². The molecule has 4 heteroatoms. The van der Waals surface area contributed by atoms with Crippen molar-refractivity contribution in [3.05, 3.63) is 35.9 Å². The molecule has 0 spiro atoms. The summed E-state index contributed by atoms with van der Waals surface area (Å²) >= 11 is 0. The topological polar surface area (TPSA) is 69.9 Å². The summed E-state index contributed by atoms with van der Waals surface area (Å²) in [7, 11) is 0. The third-order valence-corrected chi connectivity index (χ3v) is 4.06. The van der Waals surface area contributed by atoms with E-state index >= 15 is 0 Å². The van der Waals surface area contributed by atoms with Crippen LogP contribution in [-0.4, -0.2) is 40.7 Å². The molecule has 21 heavy (non-hydrogen) atoms. The highest BCUT2D eigenvalue weighted by molar-refractivity contribution is 5.13. The molecule has 0 aliphatic carbocycles. The Morgan fingerprint density at radius 1 is 0.952 bits per heavy atom. The molecule has 3 N–H and O–H groups in total. The molecule has 0 heterocycles. The summed E-state index contributed by atoms with van der Waals surface area (Å²) in [6.45, 7) is 6.00. The van der Waals surface area contributed by atoms with Crippen molar-refractivity contribution in [3.8, 4) is 0 Å². The molecule has 0 saturated heterocycles. The molecule has 0 aromatic heterocycles. The van der Waals surface area contributed by atoms with Crippen LogP contribution in [0.25, 0.3) is 0 Å². The van der Waals surface area contributed by atoms with Crippen LogP contribution in [0, 0.1) is 17.8 Å². The Hall–Kier alpha value is -0.940. The zero-order chi connectivity index (χ0) is 15.8. The highest BCUT2D eigenvalue weighted by Gasteiger charge is 2.32. The second-order valence-electron chi connectivity index (χ2n) is 5.93. The van der Waals surface area contributed by atoms with E-state index in [1.54, 1.807) is 6.92 Å². The molecule has 1 aromatic rings. The van der Waals surface area contributed by atoms with Gasteiger partial charge in [-0.15, -0.1) is 0 Å². The van der Waals surface area contributed by atoms with E-state index in [0.29, 0.717) is 6.61 Å². The smallest absolute Gasteiger partial charge is 0.0720 e. The fourth-order valence-electron chi connectivity index (χ4n) is 2.53. The molecule has 0 fully saturated rings. The van der Waals surface area contributed by atoms with Crippen molar-refractivity contribution in [2.45, 2.75) is 39.6 Å². The van der Waals surface area contributed by atoms with Crippen LogP contribution in [0.15, 0.2) is 30.3 Å². The van der Waals surface area contributed by atoms with Gasteiger partial charge in [-0.3, -0.25) is 0 Å². The summed E-state index contributed by atoms with van der Waals surface area (Å²) in [5, 5.41) is 28.9. The Labute approximate surface area is 127 Å². The van der Waals surface area contributed by atoms with Gasteiger partial charge in [0.15, 0.2) is 0 Å². The number of ether oxygens (including phenoxy) is 1. The lowest BCUT2D eigenvalue weighted by Crippen LogP contribution is -2.41. The minimum atomic E-state index is -0.662. The summed E-state index contributed by atoms with van der Waals surface area (Å²) in [5.41, 5.74) is 1.06. The fourth-order valence-corrected chi connectivity index (χ4v) is 2.53. The average Bonchev–Trinajstić information content (AvgIpc) is 2.53. The van der Waals surface area contributed by atoms with Gasteiger partial charge in [0.05, 0.1) is 18.8 Å². The van der Waals surface area contributed by atoms with Crippen LogP contribution in [-0.2, 0) is 11.3 Å². The van der Waals surface area contributed by atoms with Crippen LogP contribution in [0.5, 0.6) is 0 Å². The molecule has 5 atom stereocenters. The van der Waals surface area contributed by atoms with Crippen LogP contribution < -0.4 is 0 Å².